The Kier molecular flexibility index (Phi) is 5.78. The van der Waals surface area contributed by atoms with E-state index in [9.17, 15) is 14.9 Å². The summed E-state index contributed by atoms with van der Waals surface area (Å²) in [4.78, 5) is 24.3. The van der Waals surface area contributed by atoms with Crippen molar-refractivity contribution in [3.05, 3.63) is 28.3 Å². The summed E-state index contributed by atoms with van der Waals surface area (Å²) in [5.74, 6) is 0.109. The fourth-order valence-electron chi connectivity index (χ4n) is 2.96. The number of carbonyl (C=O) groups is 1. The number of hydrogen-bond acceptors (Lipinski definition) is 5. The summed E-state index contributed by atoms with van der Waals surface area (Å²) >= 11 is 0. The van der Waals surface area contributed by atoms with E-state index in [1.165, 1.54) is 6.07 Å². The lowest BCUT2D eigenvalue weighted by Gasteiger charge is -2.36. The molecule has 1 amide bonds. The molecule has 2 N–H and O–H groups in total. The second-order valence-corrected chi connectivity index (χ2v) is 5.77. The number of nitrogens with two attached hydrogens (primary N) is 1. The van der Waals surface area contributed by atoms with Crippen LogP contribution < -0.4 is 15.4 Å². The van der Waals surface area contributed by atoms with Crippen molar-refractivity contribution in [3.8, 4) is 5.75 Å². The Bertz CT molecular complexity index is 576. The zero-order valence-corrected chi connectivity index (χ0v) is 13.4. The van der Waals surface area contributed by atoms with Gasteiger partial charge in [-0.3, -0.25) is 14.9 Å². The molecule has 1 aliphatic rings. The third-order valence-electron chi connectivity index (χ3n) is 3.99. The van der Waals surface area contributed by atoms with Gasteiger partial charge >= 0.3 is 0 Å². The molecule has 1 aliphatic heterocycles. The number of hydrogen-bond donors (Lipinski definition) is 1. The van der Waals surface area contributed by atoms with Gasteiger partial charge in [0, 0.05) is 19.0 Å². The molecular formula is C16H23N3O4. The molecule has 1 heterocycles. The number of nitrogens with zero attached hydrogens (tertiary/aromatic N) is 2. The quantitative estimate of drug-likeness (QED) is 0.615. The summed E-state index contributed by atoms with van der Waals surface area (Å²) < 4.78 is 5.48. The van der Waals surface area contributed by atoms with Gasteiger partial charge in [0.25, 0.3) is 5.69 Å². The molecule has 0 saturated carbocycles. The van der Waals surface area contributed by atoms with Gasteiger partial charge in [-0.15, -0.1) is 0 Å². The molecular weight excluding hydrogens is 298 g/mol. The topological polar surface area (TPSA) is 98.7 Å². The van der Waals surface area contributed by atoms with Gasteiger partial charge in [0.2, 0.25) is 5.91 Å². The number of primary amides is 1. The Labute approximate surface area is 135 Å². The predicted octanol–water partition coefficient (Wildman–Crippen LogP) is 2.62. The van der Waals surface area contributed by atoms with Crippen molar-refractivity contribution >= 4 is 17.3 Å². The van der Waals surface area contributed by atoms with E-state index in [1.807, 2.05) is 11.8 Å². The first-order valence-corrected chi connectivity index (χ1v) is 7.99. The number of carbonyl (C=O) groups excluding carboxylic acids is 1. The van der Waals surface area contributed by atoms with E-state index in [0.717, 1.165) is 25.7 Å². The lowest BCUT2D eigenvalue weighted by atomic mass is 9.98. The first-order valence-electron chi connectivity index (χ1n) is 7.99. The van der Waals surface area contributed by atoms with Gasteiger partial charge in [0.15, 0.2) is 0 Å². The van der Waals surface area contributed by atoms with Crippen molar-refractivity contribution in [2.24, 2.45) is 5.73 Å². The maximum Gasteiger partial charge on any atom is 0.296 e. The van der Waals surface area contributed by atoms with Gasteiger partial charge in [0.1, 0.15) is 11.4 Å². The zero-order valence-electron chi connectivity index (χ0n) is 13.4. The number of nitro benzene ring substituents is 1. The SMILES string of the molecule is CCCOc1ccc(N2CCCC[C@@H]2CC(N)=O)c([N+](=O)[O-])c1. The molecule has 0 aliphatic carbocycles. The lowest BCUT2D eigenvalue weighted by Crippen LogP contribution is -2.42. The first kappa shape index (κ1) is 17.1. The molecule has 0 bridgehead atoms. The molecule has 0 unspecified atom stereocenters. The Morgan fingerprint density at radius 1 is 1.48 bits per heavy atom. The predicted molar refractivity (Wildman–Crippen MR) is 87.7 cm³/mol. The van der Waals surface area contributed by atoms with E-state index in [1.54, 1.807) is 12.1 Å². The van der Waals surface area contributed by atoms with Gasteiger partial charge in [-0.1, -0.05) is 6.92 Å². The monoisotopic (exact) mass is 321 g/mol. The van der Waals surface area contributed by atoms with E-state index < -0.39 is 4.92 Å². The third-order valence-corrected chi connectivity index (χ3v) is 3.99. The standard InChI is InChI=1S/C16H23N3O4/c1-2-9-23-13-6-7-14(15(11-13)19(21)22)18-8-4-3-5-12(18)10-16(17)20/h6-7,11-12H,2-5,8-10H2,1H3,(H2,17,20)/t12-/m1/s1. The normalized spacial score (nSPS) is 17.8. The average Bonchev–Trinajstić information content (AvgIpc) is 2.52. The van der Waals surface area contributed by atoms with Crippen molar-refractivity contribution < 1.29 is 14.5 Å². The summed E-state index contributed by atoms with van der Waals surface area (Å²) in [7, 11) is 0. The number of anilines is 1. The Morgan fingerprint density at radius 2 is 2.26 bits per heavy atom. The Hall–Kier alpha value is -2.31. The van der Waals surface area contributed by atoms with Crippen molar-refractivity contribution in [1.29, 1.82) is 0 Å². The number of piperidine rings is 1. The molecule has 126 valence electrons. The molecule has 1 aromatic rings. The van der Waals surface area contributed by atoms with Crippen LogP contribution in [0.4, 0.5) is 11.4 Å². The van der Waals surface area contributed by atoms with Gasteiger partial charge in [-0.2, -0.15) is 0 Å². The lowest BCUT2D eigenvalue weighted by molar-refractivity contribution is -0.384. The van der Waals surface area contributed by atoms with Crippen LogP contribution in [-0.2, 0) is 4.79 Å². The van der Waals surface area contributed by atoms with E-state index in [4.69, 9.17) is 10.5 Å². The average molecular weight is 321 g/mol. The molecule has 2 rings (SSSR count). The highest BCUT2D eigenvalue weighted by molar-refractivity contribution is 5.76. The molecule has 7 heteroatoms. The number of amides is 1. The number of benzene rings is 1. The summed E-state index contributed by atoms with van der Waals surface area (Å²) in [6.07, 6.45) is 3.81. The first-order chi connectivity index (χ1) is 11.0. The Balaban J connectivity index is 2.31. The summed E-state index contributed by atoms with van der Waals surface area (Å²) in [6, 6.07) is 4.83. The fraction of sp³-hybridized carbons (Fsp3) is 0.562. The second-order valence-electron chi connectivity index (χ2n) is 5.77. The van der Waals surface area contributed by atoms with E-state index in [2.05, 4.69) is 0 Å². The van der Waals surface area contributed by atoms with Crippen LogP contribution in [0.1, 0.15) is 39.0 Å². The number of rotatable bonds is 7. The van der Waals surface area contributed by atoms with E-state index in [0.29, 0.717) is 24.6 Å². The van der Waals surface area contributed by atoms with Crippen molar-refractivity contribution in [2.45, 2.75) is 45.1 Å². The maximum atomic E-state index is 11.5. The van der Waals surface area contributed by atoms with Gasteiger partial charge in [-0.25, -0.2) is 0 Å². The van der Waals surface area contributed by atoms with Crippen LogP contribution in [-0.4, -0.2) is 30.0 Å². The van der Waals surface area contributed by atoms with Crippen molar-refractivity contribution in [1.82, 2.24) is 0 Å². The molecule has 1 atom stereocenters. The van der Waals surface area contributed by atoms with Crippen LogP contribution in [0.5, 0.6) is 5.75 Å². The molecule has 1 fully saturated rings. The van der Waals surface area contributed by atoms with Crippen molar-refractivity contribution in [3.63, 3.8) is 0 Å². The maximum absolute atomic E-state index is 11.5. The van der Waals surface area contributed by atoms with Crippen LogP contribution in [0.3, 0.4) is 0 Å². The van der Waals surface area contributed by atoms with E-state index in [-0.39, 0.29) is 24.1 Å². The summed E-state index contributed by atoms with van der Waals surface area (Å²) in [5, 5.41) is 11.5. The zero-order chi connectivity index (χ0) is 16.8. The minimum absolute atomic E-state index is 0.00923. The fourth-order valence-corrected chi connectivity index (χ4v) is 2.96. The van der Waals surface area contributed by atoms with Crippen LogP contribution in [0.2, 0.25) is 0 Å². The third kappa shape index (κ3) is 4.34. The van der Waals surface area contributed by atoms with Crippen LogP contribution >= 0.6 is 0 Å². The van der Waals surface area contributed by atoms with Gasteiger partial charge < -0.3 is 15.4 Å². The highest BCUT2D eigenvalue weighted by atomic mass is 16.6. The minimum atomic E-state index is -0.399. The van der Waals surface area contributed by atoms with Crippen LogP contribution in [0.15, 0.2) is 18.2 Å². The number of nitro groups is 1. The van der Waals surface area contributed by atoms with Gasteiger partial charge in [-0.05, 0) is 37.8 Å². The molecule has 0 aromatic heterocycles. The van der Waals surface area contributed by atoms with E-state index >= 15 is 0 Å². The molecule has 23 heavy (non-hydrogen) atoms. The molecule has 0 radical (unpaired) electrons. The summed E-state index contributed by atoms with van der Waals surface area (Å²) in [5.41, 5.74) is 5.86. The highest BCUT2D eigenvalue weighted by Crippen LogP contribution is 2.36. The van der Waals surface area contributed by atoms with Crippen molar-refractivity contribution in [2.75, 3.05) is 18.1 Å². The number of ether oxygens (including phenoxy) is 1. The second kappa shape index (κ2) is 7.80. The largest absolute Gasteiger partial charge is 0.493 e. The minimum Gasteiger partial charge on any atom is -0.493 e. The van der Waals surface area contributed by atoms with Crippen LogP contribution in [0, 0.1) is 10.1 Å². The van der Waals surface area contributed by atoms with Crippen LogP contribution in [0.25, 0.3) is 0 Å². The highest BCUT2D eigenvalue weighted by Gasteiger charge is 2.29. The van der Waals surface area contributed by atoms with Gasteiger partial charge in [0.05, 0.1) is 17.6 Å². The molecule has 7 nitrogen and oxygen atoms in total. The molecule has 0 spiro atoms. The molecule has 1 aromatic carbocycles. The smallest absolute Gasteiger partial charge is 0.296 e. The Morgan fingerprint density at radius 3 is 2.91 bits per heavy atom. The molecule has 1 saturated heterocycles. The summed E-state index contributed by atoms with van der Waals surface area (Å²) in [6.45, 7) is 3.18.